The third kappa shape index (κ3) is 4.76. The minimum absolute atomic E-state index is 0.285. The van der Waals surface area contributed by atoms with E-state index in [1.54, 1.807) is 0 Å². The monoisotopic (exact) mass is 134 g/mol. The van der Waals surface area contributed by atoms with Gasteiger partial charge in [-0.25, -0.2) is 10.1 Å². The van der Waals surface area contributed by atoms with Gasteiger partial charge in [0.25, 0.3) is 0 Å². The maximum atomic E-state index is 10.2. The standard InChI is InChI=1S/C4H7NO4/c1-9-4(8)5-2-3(6)7/h2H2,1H3,(H,5,8)(H,6,7)/p+1. The smallest absolute Gasteiger partial charge is 0.477 e. The van der Waals surface area contributed by atoms with Gasteiger partial charge in [0.2, 0.25) is 0 Å². The number of methoxy groups -OCH3 is 1. The molecule has 0 saturated heterocycles. The first-order valence-corrected chi connectivity index (χ1v) is 2.29. The van der Waals surface area contributed by atoms with E-state index in [9.17, 15) is 9.59 Å². The van der Waals surface area contributed by atoms with Crippen LogP contribution < -0.4 is 5.32 Å². The number of nitrogens with two attached hydrogens (primary N) is 1. The highest BCUT2D eigenvalue weighted by Crippen LogP contribution is 1.57. The summed E-state index contributed by atoms with van der Waals surface area (Å²) in [5.74, 6) is -1.04. The number of primary amides is 1. The number of quaternary nitrogens is 1. The van der Waals surface area contributed by atoms with Gasteiger partial charge in [-0.15, -0.1) is 0 Å². The topological polar surface area (TPSA) is 80.2 Å². The molecule has 0 aliphatic rings. The largest absolute Gasteiger partial charge is 0.512 e. The zero-order chi connectivity index (χ0) is 7.28. The molecule has 0 unspecified atom stereocenters. The number of rotatable bonds is 2. The fourth-order valence-corrected chi connectivity index (χ4v) is 0.254. The van der Waals surface area contributed by atoms with Crippen LogP contribution in [0, 0.1) is 0 Å². The Kier molecular flexibility index (Phi) is 3.38. The minimum atomic E-state index is -1.04. The maximum absolute atomic E-state index is 10.2. The van der Waals surface area contributed by atoms with Crippen LogP contribution in [0.3, 0.4) is 0 Å². The van der Waals surface area contributed by atoms with E-state index >= 15 is 0 Å². The van der Waals surface area contributed by atoms with Crippen molar-refractivity contribution in [2.75, 3.05) is 13.7 Å². The van der Waals surface area contributed by atoms with Gasteiger partial charge in [-0.3, -0.25) is 0 Å². The van der Waals surface area contributed by atoms with E-state index in [2.05, 4.69) is 4.74 Å². The van der Waals surface area contributed by atoms with Crippen molar-refractivity contribution in [2.24, 2.45) is 0 Å². The van der Waals surface area contributed by atoms with E-state index in [4.69, 9.17) is 5.11 Å². The van der Waals surface area contributed by atoms with E-state index in [1.807, 2.05) is 0 Å². The van der Waals surface area contributed by atoms with Gasteiger partial charge in [0.1, 0.15) is 0 Å². The number of ether oxygens (including phenoxy) is 1. The molecule has 3 N–H and O–H groups in total. The first-order valence-electron chi connectivity index (χ1n) is 2.29. The summed E-state index contributed by atoms with van der Waals surface area (Å²) < 4.78 is 4.14. The van der Waals surface area contributed by atoms with Crippen LogP contribution in [-0.4, -0.2) is 30.8 Å². The van der Waals surface area contributed by atoms with Crippen molar-refractivity contribution in [3.8, 4) is 0 Å². The van der Waals surface area contributed by atoms with Gasteiger partial charge in [-0.05, 0) is 0 Å². The zero-order valence-electron chi connectivity index (χ0n) is 4.96. The molecule has 9 heavy (non-hydrogen) atoms. The quantitative estimate of drug-likeness (QED) is 0.476. The van der Waals surface area contributed by atoms with Crippen molar-refractivity contribution in [1.82, 2.24) is 0 Å². The first-order chi connectivity index (χ1) is 4.16. The van der Waals surface area contributed by atoms with Gasteiger partial charge >= 0.3 is 12.1 Å². The zero-order valence-corrected chi connectivity index (χ0v) is 4.96. The number of carboxylic acid groups (broad SMARTS) is 1. The molecule has 0 aliphatic heterocycles. The lowest BCUT2D eigenvalue weighted by Crippen LogP contribution is -2.89. The summed E-state index contributed by atoms with van der Waals surface area (Å²) in [6, 6.07) is 0. The molecule has 0 saturated carbocycles. The molecule has 0 aromatic carbocycles. The average molecular weight is 134 g/mol. The number of hydrogen-bond acceptors (Lipinski definition) is 3. The highest BCUT2D eigenvalue weighted by Gasteiger charge is 2.06. The number of aliphatic carboxylic acids is 1. The van der Waals surface area contributed by atoms with Gasteiger partial charge in [0.15, 0.2) is 6.54 Å². The third-order valence-electron chi connectivity index (χ3n) is 0.645. The number of carbonyl (C=O) groups is 2. The molecule has 5 nitrogen and oxygen atoms in total. The summed E-state index contributed by atoms with van der Waals surface area (Å²) in [4.78, 5) is 20.0. The predicted molar refractivity (Wildman–Crippen MR) is 26.8 cm³/mol. The summed E-state index contributed by atoms with van der Waals surface area (Å²) in [6.45, 7) is -0.285. The van der Waals surface area contributed by atoms with Crippen molar-refractivity contribution in [3.63, 3.8) is 0 Å². The van der Waals surface area contributed by atoms with Gasteiger partial charge in [0.05, 0.1) is 7.11 Å². The number of carbonyl (C=O) groups excluding carboxylic acids is 1. The Labute approximate surface area is 51.6 Å². The molecule has 0 heterocycles. The van der Waals surface area contributed by atoms with E-state index in [0.717, 1.165) is 5.32 Å². The summed E-state index contributed by atoms with van der Waals surface area (Å²) in [7, 11) is 1.20. The van der Waals surface area contributed by atoms with Gasteiger partial charge in [-0.2, -0.15) is 4.79 Å². The van der Waals surface area contributed by atoms with Crippen molar-refractivity contribution < 1.29 is 24.7 Å². The Morgan fingerprint density at radius 3 is 2.56 bits per heavy atom. The van der Waals surface area contributed by atoms with Crippen LogP contribution in [-0.2, 0) is 9.53 Å². The van der Waals surface area contributed by atoms with Crippen LogP contribution >= 0.6 is 0 Å². The molecule has 0 aromatic heterocycles. The second-order valence-electron chi connectivity index (χ2n) is 1.33. The number of amides is 1. The SMILES string of the molecule is COC(=O)[NH2+]CC(=O)O. The molecule has 0 rings (SSSR count). The molecular formula is C4H8NO4+. The van der Waals surface area contributed by atoms with Crippen LogP contribution in [0.4, 0.5) is 4.79 Å². The second-order valence-corrected chi connectivity index (χ2v) is 1.33. The Morgan fingerprint density at radius 2 is 2.22 bits per heavy atom. The van der Waals surface area contributed by atoms with Gasteiger partial charge < -0.3 is 9.84 Å². The summed E-state index contributed by atoms with van der Waals surface area (Å²) in [6.07, 6.45) is -0.614. The highest BCUT2D eigenvalue weighted by atomic mass is 16.5. The summed E-state index contributed by atoms with van der Waals surface area (Å²) >= 11 is 0. The molecule has 0 spiro atoms. The molecule has 0 atom stereocenters. The van der Waals surface area contributed by atoms with Gasteiger partial charge in [-0.1, -0.05) is 0 Å². The molecule has 5 heteroatoms. The molecule has 1 amide bonds. The summed E-state index contributed by atoms with van der Waals surface area (Å²) in [5, 5.41) is 8.98. The first kappa shape index (κ1) is 7.90. The van der Waals surface area contributed by atoms with Crippen LogP contribution in [0.5, 0.6) is 0 Å². The Balaban J connectivity index is 3.28. The van der Waals surface area contributed by atoms with E-state index < -0.39 is 12.1 Å². The van der Waals surface area contributed by atoms with Crippen LogP contribution in [0.1, 0.15) is 0 Å². The molecule has 0 aromatic rings. The van der Waals surface area contributed by atoms with Crippen molar-refractivity contribution >= 4 is 12.1 Å². The third-order valence-corrected chi connectivity index (χ3v) is 0.645. The molecule has 52 valence electrons. The minimum Gasteiger partial charge on any atom is -0.477 e. The van der Waals surface area contributed by atoms with E-state index in [1.165, 1.54) is 7.11 Å². The Bertz CT molecular complexity index is 122. The Morgan fingerprint density at radius 1 is 1.67 bits per heavy atom. The van der Waals surface area contributed by atoms with Crippen molar-refractivity contribution in [1.29, 1.82) is 0 Å². The van der Waals surface area contributed by atoms with Crippen molar-refractivity contribution in [3.05, 3.63) is 0 Å². The maximum Gasteiger partial charge on any atom is 0.512 e. The molecule has 0 fully saturated rings. The predicted octanol–water partition coefficient (Wildman–Crippen LogP) is -1.60. The lowest BCUT2D eigenvalue weighted by molar-refractivity contribution is -0.559. The van der Waals surface area contributed by atoms with Crippen molar-refractivity contribution in [2.45, 2.75) is 0 Å². The van der Waals surface area contributed by atoms with E-state index in [-0.39, 0.29) is 6.54 Å². The lowest BCUT2D eigenvalue weighted by atomic mass is 10.7. The van der Waals surface area contributed by atoms with Gasteiger partial charge in [0, 0.05) is 0 Å². The fourth-order valence-electron chi connectivity index (χ4n) is 0.254. The molecular weight excluding hydrogens is 126 g/mol. The highest BCUT2D eigenvalue weighted by molar-refractivity contribution is 5.69. The van der Waals surface area contributed by atoms with E-state index in [0.29, 0.717) is 0 Å². The molecule has 0 radical (unpaired) electrons. The fraction of sp³-hybridized carbons (Fsp3) is 0.500. The summed E-state index contributed by atoms with van der Waals surface area (Å²) in [5.41, 5.74) is 0. The lowest BCUT2D eigenvalue weighted by Gasteiger charge is -1.91. The van der Waals surface area contributed by atoms with Crippen LogP contribution in [0.2, 0.25) is 0 Å². The Hall–Kier alpha value is -1.10. The van der Waals surface area contributed by atoms with Crippen LogP contribution in [0.25, 0.3) is 0 Å². The average Bonchev–Trinajstić information content (AvgIpc) is 1.83. The molecule has 0 aliphatic carbocycles. The molecule has 0 bridgehead atoms. The number of carboxylic acids is 1. The normalized spacial score (nSPS) is 8.56. The van der Waals surface area contributed by atoms with Crippen LogP contribution in [0.15, 0.2) is 0 Å². The number of hydrogen-bond donors (Lipinski definition) is 2. The second kappa shape index (κ2) is 3.85.